The van der Waals surface area contributed by atoms with Crippen molar-refractivity contribution in [1.82, 2.24) is 9.55 Å². The average molecular weight is 511 g/mol. The second-order valence-electron chi connectivity index (χ2n) is 3.37. The standard InChI is InChI=1S/C9H9N2.La.Ra.H/c1-7-5-8-3-4-11(2)9(8)10-6-7;;;/h4-6H,1-2H3;;;. The summed E-state index contributed by atoms with van der Waals surface area (Å²) in [7, 11) is 2.10. The summed E-state index contributed by atoms with van der Waals surface area (Å²) < 4.78 is 3.87. The van der Waals surface area contributed by atoms with Gasteiger partial charge >= 0.3 is 113 Å². The molecule has 0 aromatic carbocycles. The predicted molar refractivity (Wildman–Crippen MR) is 46.5 cm³/mol. The van der Waals surface area contributed by atoms with Crippen molar-refractivity contribution < 1.29 is 52.6 Å². The first-order valence-corrected chi connectivity index (χ1v) is 44.4. The van der Waals surface area contributed by atoms with Crippen molar-refractivity contribution in [3.8, 4) is 0 Å². The Morgan fingerprint density at radius 2 is 2.31 bits per heavy atom. The van der Waals surface area contributed by atoms with Crippen molar-refractivity contribution in [3.05, 3.63) is 24.0 Å². The van der Waals surface area contributed by atoms with Gasteiger partial charge in [-0.1, -0.05) is 0 Å². The zero-order chi connectivity index (χ0) is 9.42. The summed E-state index contributed by atoms with van der Waals surface area (Å²) in [5.41, 5.74) is 2.46. The Hall–Kier alpha value is 1.35. The van der Waals surface area contributed by atoms with E-state index in [2.05, 4.69) is 35.8 Å². The second kappa shape index (κ2) is 4.47. The molecule has 13 heavy (non-hydrogen) atoms. The Morgan fingerprint density at radius 3 is 3.00 bits per heavy atom. The first kappa shape index (κ1) is 10.9. The van der Waals surface area contributed by atoms with Gasteiger partial charge in [0.15, 0.2) is 0 Å². The fourth-order valence-corrected chi connectivity index (χ4v) is 18.2. The van der Waals surface area contributed by atoms with E-state index in [9.17, 15) is 0 Å². The molecule has 0 aliphatic carbocycles. The van der Waals surface area contributed by atoms with E-state index < -0.39 is 19.9 Å². The van der Waals surface area contributed by atoms with E-state index in [1.54, 1.807) is 1.97 Å². The normalized spacial score (nSPS) is 10.2. The number of aromatic nitrogens is 2. The molecule has 2 nitrogen and oxygen atoms in total. The van der Waals surface area contributed by atoms with Gasteiger partial charge in [0.1, 0.15) is 0 Å². The third kappa shape index (κ3) is 2.14. The summed E-state index contributed by atoms with van der Waals surface area (Å²) in [5.74, 6) is 0. The molecule has 4 heteroatoms. The third-order valence-corrected chi connectivity index (χ3v) is 24.3. The van der Waals surface area contributed by atoms with Gasteiger partial charge in [-0.25, -0.2) is 0 Å². The molecule has 0 unspecified atom stereocenters. The summed E-state index contributed by atoms with van der Waals surface area (Å²) in [6.07, 6.45) is 4.27. The molecule has 0 fully saturated rings. The number of hydrogen-bond donors (Lipinski definition) is 0. The molecule has 0 aliphatic heterocycles. The molecule has 2 heterocycles. The van der Waals surface area contributed by atoms with Crippen LogP contribution < -0.4 is 1.97 Å². The molecule has 0 saturated carbocycles. The average Bonchev–Trinajstić information content (AvgIpc) is 2.42. The van der Waals surface area contributed by atoms with Crippen LogP contribution in [-0.2, 0) is 7.05 Å². The molecular formula is C9H10LaN2Ra. The van der Waals surface area contributed by atoms with E-state index in [1.165, 1.54) is 16.6 Å². The molecule has 0 atom stereocenters. The van der Waals surface area contributed by atoms with E-state index in [4.69, 9.17) is 0 Å². The molecule has 0 bridgehead atoms. The molecular weight excluding hydrogens is 501 g/mol. The summed E-state index contributed by atoms with van der Waals surface area (Å²) in [6.45, 7) is 2.12. The number of pyridine rings is 1. The van der Waals surface area contributed by atoms with E-state index in [0.717, 1.165) is 32.7 Å². The maximum atomic E-state index is 4.47. The molecule has 2 aromatic heterocycles. The molecule has 0 spiro atoms. The Bertz CT molecular complexity index is 450. The van der Waals surface area contributed by atoms with Crippen LogP contribution in [0.3, 0.4) is 0 Å². The van der Waals surface area contributed by atoms with Gasteiger partial charge in [-0.15, -0.1) is 0 Å². The van der Waals surface area contributed by atoms with Crippen LogP contribution in [0.1, 0.15) is 5.56 Å². The molecule has 0 radical (unpaired) electrons. The summed E-state index contributed by atoms with van der Waals surface area (Å²) >= 11 is 0.361. The fraction of sp³-hybridized carbons (Fsp3) is 0.222. The zero-order valence-corrected chi connectivity index (χ0v) is 20.0. The van der Waals surface area contributed by atoms with Crippen LogP contribution in [0.4, 0.5) is 0 Å². The molecule has 0 saturated heterocycles. The number of fused-ring (bicyclic) bond motifs is 1. The van der Waals surface area contributed by atoms with Crippen molar-refractivity contribution in [2.24, 2.45) is 7.05 Å². The van der Waals surface area contributed by atoms with Crippen molar-refractivity contribution in [3.63, 3.8) is 0 Å². The van der Waals surface area contributed by atoms with Gasteiger partial charge < -0.3 is 0 Å². The van der Waals surface area contributed by atoms with Crippen molar-refractivity contribution in [2.45, 2.75) is 6.92 Å². The molecule has 61 valence electrons. The number of nitrogens with zero attached hydrogens (tertiary/aromatic N) is 2. The van der Waals surface area contributed by atoms with Gasteiger partial charge in [-0.05, 0) is 0 Å². The number of hydrogen-bond acceptors (Lipinski definition) is 1. The van der Waals surface area contributed by atoms with Crippen molar-refractivity contribution in [1.29, 1.82) is 0 Å². The monoisotopic (exact) mass is 511 g/mol. The van der Waals surface area contributed by atoms with Gasteiger partial charge in [-0.3, -0.25) is 0 Å². The van der Waals surface area contributed by atoms with E-state index in [0.29, 0.717) is 0 Å². The summed E-state index contributed by atoms with van der Waals surface area (Å²) in [5, 5.41) is 1.45. The maximum absolute atomic E-state index is 4.47. The molecule has 2 aromatic rings. The van der Waals surface area contributed by atoms with Crippen LogP contribution >= 0.6 is 0 Å². The fourth-order valence-electron chi connectivity index (χ4n) is 1.62. The zero-order valence-electron chi connectivity index (χ0n) is 8.20. The first-order chi connectivity index (χ1) is 6.22. The van der Waals surface area contributed by atoms with Gasteiger partial charge in [0.2, 0.25) is 0 Å². The van der Waals surface area contributed by atoms with E-state index in [1.807, 2.05) is 6.20 Å². The molecule has 0 aliphatic rings. The van der Waals surface area contributed by atoms with Crippen LogP contribution in [-0.4, -0.2) is 9.55 Å². The topological polar surface area (TPSA) is 17.8 Å². The first-order valence-electron chi connectivity index (χ1n) is 4.43. The summed E-state index contributed by atoms with van der Waals surface area (Å²) in [6, 6.07) is 2.30. The molecule has 0 N–H and O–H groups in total. The van der Waals surface area contributed by atoms with Crippen LogP contribution in [0, 0.1) is 59.5 Å². The number of rotatable bonds is 1. The van der Waals surface area contributed by atoms with Crippen LogP contribution in [0.5, 0.6) is 0 Å². The number of aryl methyl sites for hydroxylation is 2. The van der Waals surface area contributed by atoms with Crippen LogP contribution in [0.15, 0.2) is 18.5 Å². The van der Waals surface area contributed by atoms with Crippen LogP contribution in [0.25, 0.3) is 11.0 Å². The Labute approximate surface area is 110 Å². The molecule has 0 amide bonds. The third-order valence-electron chi connectivity index (χ3n) is 2.29. The van der Waals surface area contributed by atoms with Gasteiger partial charge in [0.05, 0.1) is 0 Å². The minimum absolute atomic E-state index is 0.436. The van der Waals surface area contributed by atoms with Crippen molar-refractivity contribution >= 4 is 13.0 Å². The summed E-state index contributed by atoms with van der Waals surface area (Å²) in [4.78, 5) is 4.47. The van der Waals surface area contributed by atoms with Gasteiger partial charge in [-0.2, -0.15) is 0 Å². The Morgan fingerprint density at radius 1 is 1.54 bits per heavy atom. The van der Waals surface area contributed by atoms with Gasteiger partial charge in [0.25, 0.3) is 0 Å². The van der Waals surface area contributed by atoms with Gasteiger partial charge in [0, 0.05) is 0 Å². The molecule has 2 rings (SSSR count). The van der Waals surface area contributed by atoms with E-state index >= 15 is 0 Å². The minimum atomic E-state index is -0.436. The predicted octanol–water partition coefficient (Wildman–Crippen LogP) is 0.789. The van der Waals surface area contributed by atoms with Crippen LogP contribution in [0.2, 0.25) is 0 Å². The SMILES string of the molecule is Cc1cnc2c(c1)[c]([La][RaH])cn2C. The quantitative estimate of drug-likeness (QED) is 0.555. The van der Waals surface area contributed by atoms with Crippen molar-refractivity contribution in [2.75, 3.05) is 0 Å². The van der Waals surface area contributed by atoms with E-state index in [-0.39, 0.29) is 0 Å². The Balaban J connectivity index is 2.81. The second-order valence-corrected chi connectivity index (χ2v) is 24.4. The Kier molecular flexibility index (Phi) is 3.73.